The molecule has 0 spiro atoms. The number of ether oxygens (including phenoxy) is 1. The van der Waals surface area contributed by atoms with Gasteiger partial charge in [-0.05, 0) is 86.0 Å². The Morgan fingerprint density at radius 1 is 1.00 bits per heavy atom. The van der Waals surface area contributed by atoms with Crippen LogP contribution in [0.3, 0.4) is 0 Å². The van der Waals surface area contributed by atoms with Crippen LogP contribution in [0, 0.1) is 11.3 Å². The van der Waals surface area contributed by atoms with Crippen molar-refractivity contribution in [1.29, 1.82) is 5.26 Å². The Hall–Kier alpha value is -3.04. The molecule has 1 aliphatic heterocycles. The summed E-state index contributed by atoms with van der Waals surface area (Å²) in [5.74, 6) is 0.778. The first kappa shape index (κ1) is 25.1. The maximum atomic E-state index is 13.1. The van der Waals surface area contributed by atoms with Gasteiger partial charge in [-0.2, -0.15) is 5.26 Å². The van der Waals surface area contributed by atoms with Crippen LogP contribution in [-0.4, -0.2) is 22.7 Å². The number of benzene rings is 3. The standard InChI is InChI=1S/C27H22Cl3N3O2/c1-4-35-23-15-17(16-31)5-14-22(23)24-32-26(2,18-6-10-20(28)11-7-18)27(3,33(24)25(30)34)19-8-12-21(29)13-9-19/h5-15H,4H2,1-3H3/t26-,27-/m0/s1. The van der Waals surface area contributed by atoms with Crippen molar-refractivity contribution in [2.24, 2.45) is 4.99 Å². The highest BCUT2D eigenvalue weighted by Crippen LogP contribution is 2.54. The second-order valence-corrected chi connectivity index (χ2v) is 9.63. The molecule has 1 amide bonds. The Morgan fingerprint density at radius 2 is 1.57 bits per heavy atom. The third-order valence-electron chi connectivity index (χ3n) is 6.58. The lowest BCUT2D eigenvalue weighted by Gasteiger charge is -2.44. The highest BCUT2D eigenvalue weighted by molar-refractivity contribution is 6.64. The van der Waals surface area contributed by atoms with Gasteiger partial charge in [-0.3, -0.25) is 14.7 Å². The minimum Gasteiger partial charge on any atom is -0.493 e. The summed E-state index contributed by atoms with van der Waals surface area (Å²) in [7, 11) is 0. The van der Waals surface area contributed by atoms with Crippen LogP contribution < -0.4 is 4.74 Å². The molecule has 3 aromatic rings. The molecule has 5 nitrogen and oxygen atoms in total. The number of rotatable bonds is 5. The maximum absolute atomic E-state index is 13.1. The summed E-state index contributed by atoms with van der Waals surface area (Å²) in [6, 6.07) is 21.8. The molecule has 2 atom stereocenters. The Labute approximate surface area is 219 Å². The van der Waals surface area contributed by atoms with E-state index in [2.05, 4.69) is 6.07 Å². The van der Waals surface area contributed by atoms with Crippen molar-refractivity contribution in [3.05, 3.63) is 99.0 Å². The first-order valence-corrected chi connectivity index (χ1v) is 12.1. The summed E-state index contributed by atoms with van der Waals surface area (Å²) in [5.41, 5.74) is 0.598. The number of amides is 1. The summed E-state index contributed by atoms with van der Waals surface area (Å²) in [4.78, 5) is 19.7. The Morgan fingerprint density at radius 3 is 2.09 bits per heavy atom. The van der Waals surface area contributed by atoms with E-state index in [1.807, 2.05) is 45.0 Å². The zero-order chi connectivity index (χ0) is 25.4. The van der Waals surface area contributed by atoms with Crippen LogP contribution in [0.15, 0.2) is 71.7 Å². The molecule has 0 N–H and O–H groups in total. The van der Waals surface area contributed by atoms with Gasteiger partial charge in [-0.25, -0.2) is 0 Å². The lowest BCUT2D eigenvalue weighted by Crippen LogP contribution is -2.53. The smallest absolute Gasteiger partial charge is 0.322 e. The molecule has 0 unspecified atom stereocenters. The van der Waals surface area contributed by atoms with E-state index in [0.29, 0.717) is 39.4 Å². The molecule has 8 heteroatoms. The third kappa shape index (κ3) is 4.16. The molecule has 0 aromatic heterocycles. The summed E-state index contributed by atoms with van der Waals surface area (Å²) >= 11 is 18.7. The molecule has 0 aliphatic carbocycles. The lowest BCUT2D eigenvalue weighted by atomic mass is 9.71. The van der Waals surface area contributed by atoms with E-state index < -0.39 is 16.4 Å². The van der Waals surface area contributed by atoms with Gasteiger partial charge in [-0.15, -0.1) is 0 Å². The Kier molecular flexibility index (Phi) is 6.83. The molecule has 4 rings (SSSR count). The van der Waals surface area contributed by atoms with Gasteiger partial charge in [0.2, 0.25) is 0 Å². The fraction of sp³-hybridized carbons (Fsp3) is 0.222. The van der Waals surface area contributed by atoms with Gasteiger partial charge in [0.15, 0.2) is 0 Å². The highest BCUT2D eigenvalue weighted by Gasteiger charge is 2.59. The number of amidine groups is 1. The van der Waals surface area contributed by atoms with Gasteiger partial charge in [0, 0.05) is 10.0 Å². The molecule has 3 aromatic carbocycles. The van der Waals surface area contributed by atoms with Gasteiger partial charge in [0.25, 0.3) is 0 Å². The van der Waals surface area contributed by atoms with Crippen molar-refractivity contribution in [2.75, 3.05) is 6.61 Å². The summed E-state index contributed by atoms with van der Waals surface area (Å²) in [6.07, 6.45) is 0. The number of nitriles is 1. The number of carbonyl (C=O) groups is 1. The van der Waals surface area contributed by atoms with Crippen LogP contribution in [0.4, 0.5) is 4.79 Å². The van der Waals surface area contributed by atoms with Crippen LogP contribution >= 0.6 is 34.8 Å². The van der Waals surface area contributed by atoms with Gasteiger partial charge in [-0.1, -0.05) is 47.5 Å². The fourth-order valence-electron chi connectivity index (χ4n) is 4.60. The van der Waals surface area contributed by atoms with Crippen LogP contribution in [0.5, 0.6) is 5.75 Å². The first-order chi connectivity index (χ1) is 16.7. The number of nitrogens with zero attached hydrogens (tertiary/aromatic N) is 3. The number of hydrogen-bond acceptors (Lipinski definition) is 4. The highest BCUT2D eigenvalue weighted by atomic mass is 35.5. The topological polar surface area (TPSA) is 65.7 Å². The molecule has 35 heavy (non-hydrogen) atoms. The van der Waals surface area contributed by atoms with E-state index >= 15 is 0 Å². The molecular formula is C27H22Cl3N3O2. The van der Waals surface area contributed by atoms with E-state index in [9.17, 15) is 10.1 Å². The quantitative estimate of drug-likeness (QED) is 0.255. The third-order valence-corrected chi connectivity index (χ3v) is 7.25. The Bertz CT molecular complexity index is 1350. The summed E-state index contributed by atoms with van der Waals surface area (Å²) in [5, 5.41) is 9.84. The second-order valence-electron chi connectivity index (χ2n) is 8.44. The monoisotopic (exact) mass is 525 g/mol. The molecule has 0 saturated carbocycles. The average Bonchev–Trinajstić information content (AvgIpc) is 3.08. The first-order valence-electron chi connectivity index (χ1n) is 10.9. The molecule has 0 radical (unpaired) electrons. The van der Waals surface area contributed by atoms with Crippen LogP contribution in [0.1, 0.15) is 43.0 Å². The van der Waals surface area contributed by atoms with E-state index in [1.165, 1.54) is 4.90 Å². The largest absolute Gasteiger partial charge is 0.493 e. The number of halogens is 3. The number of carbonyl (C=O) groups excluding carboxylic acids is 1. The molecule has 0 saturated heterocycles. The summed E-state index contributed by atoms with van der Waals surface area (Å²) < 4.78 is 5.85. The van der Waals surface area contributed by atoms with Gasteiger partial charge < -0.3 is 4.74 Å². The molecule has 178 valence electrons. The van der Waals surface area contributed by atoms with E-state index in [4.69, 9.17) is 44.5 Å². The van der Waals surface area contributed by atoms with Crippen molar-refractivity contribution in [3.63, 3.8) is 0 Å². The predicted molar refractivity (Wildman–Crippen MR) is 140 cm³/mol. The van der Waals surface area contributed by atoms with Crippen molar-refractivity contribution in [1.82, 2.24) is 4.90 Å². The predicted octanol–water partition coefficient (Wildman–Crippen LogP) is 7.52. The van der Waals surface area contributed by atoms with E-state index in [-0.39, 0.29) is 0 Å². The zero-order valence-corrected chi connectivity index (χ0v) is 21.6. The fourth-order valence-corrected chi connectivity index (χ4v) is 5.10. The van der Waals surface area contributed by atoms with Crippen LogP contribution in [0.25, 0.3) is 0 Å². The van der Waals surface area contributed by atoms with E-state index in [1.54, 1.807) is 42.5 Å². The normalized spacial score (nSPS) is 21.4. The van der Waals surface area contributed by atoms with Crippen LogP contribution in [-0.2, 0) is 11.1 Å². The second kappa shape index (κ2) is 9.54. The number of aliphatic imine (C=N–C) groups is 1. The molecule has 0 fully saturated rings. The van der Waals surface area contributed by atoms with Crippen molar-refractivity contribution in [2.45, 2.75) is 31.8 Å². The van der Waals surface area contributed by atoms with Crippen LogP contribution in [0.2, 0.25) is 10.0 Å². The molecule has 1 aliphatic rings. The van der Waals surface area contributed by atoms with E-state index in [0.717, 1.165) is 11.1 Å². The SMILES string of the molecule is CCOc1cc(C#N)ccc1C1=N[C@@](C)(c2ccc(Cl)cc2)[C@](C)(c2ccc(Cl)cc2)N1C(=O)Cl. The molecular weight excluding hydrogens is 505 g/mol. The van der Waals surface area contributed by atoms with Crippen molar-refractivity contribution in [3.8, 4) is 11.8 Å². The van der Waals surface area contributed by atoms with Gasteiger partial charge in [0.05, 0.1) is 23.8 Å². The van der Waals surface area contributed by atoms with Gasteiger partial charge in [0.1, 0.15) is 22.7 Å². The Balaban J connectivity index is 2.04. The minimum absolute atomic E-state index is 0.341. The van der Waals surface area contributed by atoms with Crippen molar-refractivity contribution < 1.29 is 9.53 Å². The average molecular weight is 527 g/mol. The zero-order valence-electron chi connectivity index (χ0n) is 19.3. The molecule has 1 heterocycles. The number of hydrogen-bond donors (Lipinski definition) is 0. The minimum atomic E-state index is -1.04. The summed E-state index contributed by atoms with van der Waals surface area (Å²) in [6.45, 7) is 6.09. The molecule has 0 bridgehead atoms. The maximum Gasteiger partial charge on any atom is 0.322 e. The lowest BCUT2D eigenvalue weighted by molar-refractivity contribution is 0.149. The van der Waals surface area contributed by atoms with Crippen molar-refractivity contribution >= 4 is 46.0 Å². The van der Waals surface area contributed by atoms with Gasteiger partial charge >= 0.3 is 5.37 Å².